The maximum Gasteiger partial charge on any atom is 0.150 e. The zero-order valence-corrected chi connectivity index (χ0v) is 12.1. The Labute approximate surface area is 111 Å². The summed E-state index contributed by atoms with van der Waals surface area (Å²) >= 11 is 1.67. The molecule has 0 atom stereocenters. The van der Waals surface area contributed by atoms with Crippen molar-refractivity contribution in [1.29, 1.82) is 0 Å². The first kappa shape index (κ1) is 12.9. The number of aryl methyl sites for hydroxylation is 3. The molecule has 0 bridgehead atoms. The predicted molar refractivity (Wildman–Crippen MR) is 76.0 cm³/mol. The van der Waals surface area contributed by atoms with E-state index < -0.39 is 0 Å². The van der Waals surface area contributed by atoms with E-state index in [1.807, 2.05) is 31.2 Å². The highest BCUT2D eigenvalue weighted by atomic mass is 32.1. The third kappa shape index (κ3) is 2.20. The van der Waals surface area contributed by atoms with E-state index in [2.05, 4.69) is 21.9 Å². The summed E-state index contributed by atoms with van der Waals surface area (Å²) < 4.78 is 1.85. The summed E-state index contributed by atoms with van der Waals surface area (Å²) in [6.45, 7) is 4.91. The molecule has 6 heteroatoms. The van der Waals surface area contributed by atoms with Crippen molar-refractivity contribution in [2.75, 3.05) is 17.7 Å². The van der Waals surface area contributed by atoms with Crippen LogP contribution in [0, 0.1) is 6.92 Å². The molecule has 2 aromatic rings. The second-order valence-corrected chi connectivity index (χ2v) is 5.32. The van der Waals surface area contributed by atoms with E-state index >= 15 is 0 Å². The van der Waals surface area contributed by atoms with E-state index in [-0.39, 0.29) is 0 Å². The minimum absolute atomic E-state index is 0.782. The lowest BCUT2D eigenvalue weighted by molar-refractivity contribution is 0.721. The van der Waals surface area contributed by atoms with E-state index in [1.54, 1.807) is 11.3 Å². The molecule has 0 radical (unpaired) electrons. The van der Waals surface area contributed by atoms with Gasteiger partial charge < -0.3 is 10.6 Å². The van der Waals surface area contributed by atoms with Crippen LogP contribution in [0.1, 0.15) is 23.2 Å². The molecule has 2 N–H and O–H groups in total. The zero-order chi connectivity index (χ0) is 13.3. The number of nitrogens with two attached hydrogens (primary N) is 1. The average molecular weight is 265 g/mol. The Hall–Kier alpha value is -1.56. The number of nitrogen functional groups attached to an aromatic ring is 1. The Bertz CT molecular complexity index is 543. The Kier molecular flexibility index (Phi) is 3.56. The highest BCUT2D eigenvalue weighted by Gasteiger charge is 2.17. The third-order valence-electron chi connectivity index (χ3n) is 3.05. The van der Waals surface area contributed by atoms with E-state index in [0.29, 0.717) is 0 Å². The van der Waals surface area contributed by atoms with Gasteiger partial charge in [0.1, 0.15) is 5.82 Å². The topological polar surface area (TPSA) is 60.0 Å². The van der Waals surface area contributed by atoms with Gasteiger partial charge in [-0.15, -0.1) is 11.3 Å². The van der Waals surface area contributed by atoms with E-state index in [9.17, 15) is 0 Å². The van der Waals surface area contributed by atoms with Gasteiger partial charge >= 0.3 is 0 Å². The summed E-state index contributed by atoms with van der Waals surface area (Å²) in [5.41, 5.74) is 10.9. The maximum atomic E-state index is 6.15. The molecule has 5 nitrogen and oxygen atoms in total. The Morgan fingerprint density at radius 2 is 2.22 bits per heavy atom. The summed E-state index contributed by atoms with van der Waals surface area (Å²) in [6, 6.07) is 0. The third-order valence-corrected chi connectivity index (χ3v) is 3.97. The highest BCUT2D eigenvalue weighted by molar-refractivity contribution is 7.09. The standard InChI is InChI=1S/C12H19N5S/c1-5-9-11(13)12(17(4)15-9)16(3)6-10-8(2)14-7-18-10/h7H,5-6,13H2,1-4H3. The predicted octanol–water partition coefficient (Wildman–Crippen LogP) is 1.97. The molecule has 0 aromatic carbocycles. The molecule has 0 spiro atoms. The smallest absolute Gasteiger partial charge is 0.150 e. The molecule has 0 unspecified atom stereocenters. The van der Waals surface area contributed by atoms with Crippen LogP contribution >= 0.6 is 11.3 Å². The van der Waals surface area contributed by atoms with Crippen LogP contribution in [0.4, 0.5) is 11.5 Å². The highest BCUT2D eigenvalue weighted by Crippen LogP contribution is 2.27. The fourth-order valence-electron chi connectivity index (χ4n) is 2.07. The van der Waals surface area contributed by atoms with Gasteiger partial charge in [0.15, 0.2) is 0 Å². The normalized spacial score (nSPS) is 10.9. The monoisotopic (exact) mass is 265 g/mol. The van der Waals surface area contributed by atoms with Crippen LogP contribution in [-0.2, 0) is 20.0 Å². The number of thiazole rings is 1. The zero-order valence-electron chi connectivity index (χ0n) is 11.3. The molecule has 0 aliphatic heterocycles. The van der Waals surface area contributed by atoms with Crippen molar-refractivity contribution < 1.29 is 0 Å². The first-order valence-electron chi connectivity index (χ1n) is 5.96. The number of aromatic nitrogens is 3. The van der Waals surface area contributed by atoms with Crippen molar-refractivity contribution in [3.8, 4) is 0 Å². The molecule has 0 fully saturated rings. The minimum atomic E-state index is 0.782. The van der Waals surface area contributed by atoms with Gasteiger partial charge in [0.2, 0.25) is 0 Å². The summed E-state index contributed by atoms with van der Waals surface area (Å²) in [4.78, 5) is 7.66. The number of anilines is 2. The van der Waals surface area contributed by atoms with Crippen LogP contribution in [0.15, 0.2) is 5.51 Å². The van der Waals surface area contributed by atoms with Crippen LogP contribution in [0.2, 0.25) is 0 Å². The van der Waals surface area contributed by atoms with Gasteiger partial charge in [-0.3, -0.25) is 4.68 Å². The van der Waals surface area contributed by atoms with Gasteiger partial charge in [-0.25, -0.2) is 4.98 Å². The van der Waals surface area contributed by atoms with Crippen LogP contribution in [0.25, 0.3) is 0 Å². The molecule has 98 valence electrons. The summed E-state index contributed by atoms with van der Waals surface area (Å²) in [6.07, 6.45) is 0.854. The Balaban J connectivity index is 2.26. The molecule has 2 rings (SSSR count). The molecule has 2 heterocycles. The van der Waals surface area contributed by atoms with E-state index in [1.165, 1.54) is 4.88 Å². The minimum Gasteiger partial charge on any atom is -0.394 e. The largest absolute Gasteiger partial charge is 0.394 e. The van der Waals surface area contributed by atoms with Crippen LogP contribution in [0.5, 0.6) is 0 Å². The lowest BCUT2D eigenvalue weighted by atomic mass is 10.3. The van der Waals surface area contributed by atoms with Crippen LogP contribution in [-0.4, -0.2) is 21.8 Å². The molecule has 0 saturated carbocycles. The lowest BCUT2D eigenvalue weighted by Gasteiger charge is -2.19. The van der Waals surface area contributed by atoms with Gasteiger partial charge in [-0.05, 0) is 13.3 Å². The fraction of sp³-hybridized carbons (Fsp3) is 0.500. The van der Waals surface area contributed by atoms with Gasteiger partial charge in [0.25, 0.3) is 0 Å². The summed E-state index contributed by atoms with van der Waals surface area (Å²) in [5.74, 6) is 0.972. The first-order chi connectivity index (χ1) is 8.54. The number of rotatable bonds is 4. The van der Waals surface area contributed by atoms with Crippen molar-refractivity contribution in [3.63, 3.8) is 0 Å². The van der Waals surface area contributed by atoms with E-state index in [0.717, 1.165) is 35.9 Å². The molecule has 0 saturated heterocycles. The lowest BCUT2D eigenvalue weighted by Crippen LogP contribution is -2.20. The second-order valence-electron chi connectivity index (χ2n) is 4.38. The van der Waals surface area contributed by atoms with Gasteiger partial charge in [-0.2, -0.15) is 5.10 Å². The molecule has 0 aliphatic carbocycles. The molecule has 2 aromatic heterocycles. The van der Waals surface area contributed by atoms with Crippen LogP contribution in [0.3, 0.4) is 0 Å². The molecular formula is C12H19N5S. The second kappa shape index (κ2) is 4.97. The fourth-order valence-corrected chi connectivity index (χ4v) is 2.90. The summed E-state index contributed by atoms with van der Waals surface area (Å²) in [5, 5.41) is 4.44. The van der Waals surface area contributed by atoms with Gasteiger partial charge in [-0.1, -0.05) is 6.92 Å². The van der Waals surface area contributed by atoms with Gasteiger partial charge in [0, 0.05) is 19.0 Å². The average Bonchev–Trinajstić information content (AvgIpc) is 2.83. The van der Waals surface area contributed by atoms with Crippen molar-refractivity contribution >= 4 is 22.8 Å². The SMILES string of the molecule is CCc1nn(C)c(N(C)Cc2scnc2C)c1N. The van der Waals surface area contributed by atoms with Crippen LogP contribution < -0.4 is 10.6 Å². The Morgan fingerprint density at radius 3 is 2.72 bits per heavy atom. The van der Waals surface area contributed by atoms with Crippen molar-refractivity contribution in [2.45, 2.75) is 26.8 Å². The first-order valence-corrected chi connectivity index (χ1v) is 6.84. The van der Waals surface area contributed by atoms with Crippen molar-refractivity contribution in [3.05, 3.63) is 21.8 Å². The molecule has 0 aliphatic rings. The number of hydrogen-bond donors (Lipinski definition) is 1. The van der Waals surface area contributed by atoms with Crippen molar-refractivity contribution in [1.82, 2.24) is 14.8 Å². The molecule has 0 amide bonds. The maximum absolute atomic E-state index is 6.15. The number of hydrogen-bond acceptors (Lipinski definition) is 5. The molecular weight excluding hydrogens is 246 g/mol. The Morgan fingerprint density at radius 1 is 1.50 bits per heavy atom. The molecule has 18 heavy (non-hydrogen) atoms. The van der Waals surface area contributed by atoms with Crippen molar-refractivity contribution in [2.24, 2.45) is 7.05 Å². The quantitative estimate of drug-likeness (QED) is 0.918. The van der Waals surface area contributed by atoms with Gasteiger partial charge in [0.05, 0.1) is 29.1 Å². The number of nitrogens with zero attached hydrogens (tertiary/aromatic N) is 4. The summed E-state index contributed by atoms with van der Waals surface area (Å²) in [7, 11) is 3.97. The van der Waals surface area contributed by atoms with E-state index in [4.69, 9.17) is 5.73 Å².